The molecule has 1 aromatic heterocycles. The van der Waals surface area contributed by atoms with Crippen LogP contribution in [0.2, 0.25) is 0 Å². The van der Waals surface area contributed by atoms with Gasteiger partial charge in [-0.3, -0.25) is 0 Å². The molecular formula is C13H23N3O3. The Morgan fingerprint density at radius 1 is 1.37 bits per heavy atom. The van der Waals surface area contributed by atoms with E-state index in [4.69, 9.17) is 9.47 Å². The van der Waals surface area contributed by atoms with E-state index in [1.807, 2.05) is 13.8 Å². The molecule has 0 fully saturated rings. The summed E-state index contributed by atoms with van der Waals surface area (Å²) in [6, 6.07) is 0. The predicted molar refractivity (Wildman–Crippen MR) is 73.2 cm³/mol. The molecule has 0 spiro atoms. The summed E-state index contributed by atoms with van der Waals surface area (Å²) in [5, 5.41) is 12.5. The number of ether oxygens (including phenoxy) is 2. The Bertz CT molecular complexity index is 385. The average Bonchev–Trinajstić information content (AvgIpc) is 2.43. The summed E-state index contributed by atoms with van der Waals surface area (Å²) < 4.78 is 10.3. The first-order valence-corrected chi connectivity index (χ1v) is 6.34. The van der Waals surface area contributed by atoms with Gasteiger partial charge in [-0.25, -0.2) is 9.97 Å². The zero-order valence-electron chi connectivity index (χ0n) is 12.0. The normalized spacial score (nSPS) is 12.7. The fraction of sp³-hybridized carbons (Fsp3) is 0.692. The van der Waals surface area contributed by atoms with Crippen molar-refractivity contribution in [1.29, 1.82) is 0 Å². The van der Waals surface area contributed by atoms with Crippen molar-refractivity contribution >= 4 is 5.69 Å². The van der Waals surface area contributed by atoms with E-state index in [0.717, 1.165) is 11.5 Å². The summed E-state index contributed by atoms with van der Waals surface area (Å²) in [6.07, 6.45) is 1.65. The van der Waals surface area contributed by atoms with Gasteiger partial charge in [-0.1, -0.05) is 13.8 Å². The Morgan fingerprint density at radius 2 is 2.11 bits per heavy atom. The van der Waals surface area contributed by atoms with Gasteiger partial charge in [0.15, 0.2) is 0 Å². The summed E-state index contributed by atoms with van der Waals surface area (Å²) in [5.74, 6) is 0.967. The Labute approximate surface area is 114 Å². The van der Waals surface area contributed by atoms with E-state index in [1.54, 1.807) is 20.4 Å². The zero-order valence-corrected chi connectivity index (χ0v) is 12.0. The number of anilines is 1. The number of aromatic nitrogens is 2. The molecule has 0 aliphatic rings. The minimum absolute atomic E-state index is 0.0543. The number of methoxy groups -OCH3 is 2. The number of aliphatic hydroxyl groups is 1. The highest BCUT2D eigenvalue weighted by atomic mass is 16.5. The largest absolute Gasteiger partial charge is 0.390 e. The highest BCUT2D eigenvalue weighted by Gasteiger charge is 2.11. The number of hydrogen-bond donors (Lipinski definition) is 2. The number of nitrogens with one attached hydrogen (secondary N) is 1. The second kappa shape index (κ2) is 8.04. The second-order valence-corrected chi connectivity index (χ2v) is 4.60. The van der Waals surface area contributed by atoms with Crippen LogP contribution in [-0.2, 0) is 16.1 Å². The van der Waals surface area contributed by atoms with Crippen LogP contribution < -0.4 is 5.32 Å². The van der Waals surface area contributed by atoms with Gasteiger partial charge < -0.3 is 19.9 Å². The fourth-order valence-electron chi connectivity index (χ4n) is 1.60. The van der Waals surface area contributed by atoms with Crippen molar-refractivity contribution in [2.45, 2.75) is 32.5 Å². The summed E-state index contributed by atoms with van der Waals surface area (Å²) in [5.41, 5.74) is 1.33. The van der Waals surface area contributed by atoms with E-state index < -0.39 is 0 Å². The van der Waals surface area contributed by atoms with Crippen molar-refractivity contribution in [1.82, 2.24) is 9.97 Å². The Balaban J connectivity index is 2.72. The molecule has 0 aromatic carbocycles. The minimum atomic E-state index is -0.119. The maximum atomic E-state index is 9.36. The van der Waals surface area contributed by atoms with Crippen LogP contribution in [-0.4, -0.2) is 48.5 Å². The molecule has 2 N–H and O–H groups in total. The van der Waals surface area contributed by atoms with E-state index in [2.05, 4.69) is 15.3 Å². The van der Waals surface area contributed by atoms with Gasteiger partial charge in [-0.2, -0.15) is 0 Å². The van der Waals surface area contributed by atoms with Gasteiger partial charge in [0.1, 0.15) is 5.82 Å². The van der Waals surface area contributed by atoms with Gasteiger partial charge in [0, 0.05) is 26.7 Å². The van der Waals surface area contributed by atoms with E-state index in [-0.39, 0.29) is 18.6 Å². The van der Waals surface area contributed by atoms with E-state index in [1.165, 1.54) is 0 Å². The van der Waals surface area contributed by atoms with Crippen molar-refractivity contribution in [3.8, 4) is 0 Å². The molecule has 0 aliphatic heterocycles. The molecule has 6 nitrogen and oxygen atoms in total. The van der Waals surface area contributed by atoms with Gasteiger partial charge in [0.25, 0.3) is 0 Å². The highest BCUT2D eigenvalue weighted by Crippen LogP contribution is 2.16. The van der Waals surface area contributed by atoms with Crippen molar-refractivity contribution in [2.75, 3.05) is 32.7 Å². The average molecular weight is 269 g/mol. The molecule has 1 atom stereocenters. The molecule has 19 heavy (non-hydrogen) atoms. The Morgan fingerprint density at radius 3 is 2.63 bits per heavy atom. The van der Waals surface area contributed by atoms with Crippen LogP contribution >= 0.6 is 0 Å². The van der Waals surface area contributed by atoms with Gasteiger partial charge in [-0.15, -0.1) is 0 Å². The van der Waals surface area contributed by atoms with Crippen molar-refractivity contribution < 1.29 is 14.6 Å². The van der Waals surface area contributed by atoms with Crippen LogP contribution in [0.4, 0.5) is 5.69 Å². The van der Waals surface area contributed by atoms with Crippen LogP contribution in [0.15, 0.2) is 6.20 Å². The maximum absolute atomic E-state index is 9.36. The molecule has 108 valence electrons. The Kier molecular flexibility index (Phi) is 6.69. The monoisotopic (exact) mass is 269 g/mol. The zero-order chi connectivity index (χ0) is 14.3. The molecule has 0 amide bonds. The molecule has 1 heterocycles. The van der Waals surface area contributed by atoms with Crippen molar-refractivity contribution in [2.24, 2.45) is 0 Å². The lowest BCUT2D eigenvalue weighted by molar-refractivity contribution is 0.0365. The van der Waals surface area contributed by atoms with Crippen LogP contribution in [0.5, 0.6) is 0 Å². The Hall–Kier alpha value is -1.24. The summed E-state index contributed by atoms with van der Waals surface area (Å²) in [4.78, 5) is 8.62. The summed E-state index contributed by atoms with van der Waals surface area (Å²) in [6.45, 7) is 4.99. The first kappa shape index (κ1) is 15.8. The first-order valence-electron chi connectivity index (χ1n) is 6.34. The van der Waals surface area contributed by atoms with Crippen LogP contribution in [0.1, 0.15) is 31.3 Å². The first-order chi connectivity index (χ1) is 9.12. The van der Waals surface area contributed by atoms with Gasteiger partial charge >= 0.3 is 0 Å². The molecule has 0 saturated heterocycles. The van der Waals surface area contributed by atoms with Gasteiger partial charge in [-0.05, 0) is 0 Å². The van der Waals surface area contributed by atoms with E-state index >= 15 is 0 Å². The predicted octanol–water partition coefficient (Wildman–Crippen LogP) is 1.17. The van der Waals surface area contributed by atoms with E-state index in [9.17, 15) is 5.11 Å². The van der Waals surface area contributed by atoms with Crippen molar-refractivity contribution in [3.63, 3.8) is 0 Å². The molecule has 1 unspecified atom stereocenters. The smallest absolute Gasteiger partial charge is 0.131 e. The van der Waals surface area contributed by atoms with Crippen LogP contribution in [0, 0.1) is 0 Å². The van der Waals surface area contributed by atoms with Crippen LogP contribution in [0.25, 0.3) is 0 Å². The quantitative estimate of drug-likeness (QED) is 0.737. The highest BCUT2D eigenvalue weighted by molar-refractivity contribution is 5.45. The van der Waals surface area contributed by atoms with Crippen LogP contribution in [0.3, 0.4) is 0 Å². The lowest BCUT2D eigenvalue weighted by Crippen LogP contribution is -2.27. The molecular weight excluding hydrogens is 246 g/mol. The number of hydrogen-bond acceptors (Lipinski definition) is 6. The van der Waals surface area contributed by atoms with Gasteiger partial charge in [0.05, 0.1) is 36.9 Å². The number of aliphatic hydroxyl groups excluding tert-OH is 1. The molecule has 0 radical (unpaired) electrons. The molecule has 0 saturated carbocycles. The fourth-order valence-corrected chi connectivity index (χ4v) is 1.60. The van der Waals surface area contributed by atoms with Gasteiger partial charge in [0.2, 0.25) is 0 Å². The SMILES string of the molecule is COCC(CNc1cnc(C(C)C)nc1CO)OC. The molecule has 6 heteroatoms. The molecule has 0 aliphatic carbocycles. The standard InChI is InChI=1S/C13H23N3O3/c1-9(2)13-15-6-11(12(7-17)16-13)14-5-10(19-4)8-18-3/h6,9-10,14,17H,5,7-8H2,1-4H3. The third-order valence-electron chi connectivity index (χ3n) is 2.76. The molecule has 1 aromatic rings. The van der Waals surface area contributed by atoms with Crippen molar-refractivity contribution in [3.05, 3.63) is 17.7 Å². The third-order valence-corrected chi connectivity index (χ3v) is 2.76. The topological polar surface area (TPSA) is 76.5 Å². The summed E-state index contributed by atoms with van der Waals surface area (Å²) in [7, 11) is 3.27. The lowest BCUT2D eigenvalue weighted by atomic mass is 10.2. The maximum Gasteiger partial charge on any atom is 0.131 e. The summed E-state index contributed by atoms with van der Waals surface area (Å²) >= 11 is 0. The lowest BCUT2D eigenvalue weighted by Gasteiger charge is -2.17. The minimum Gasteiger partial charge on any atom is -0.390 e. The van der Waals surface area contributed by atoms with E-state index in [0.29, 0.717) is 18.8 Å². The second-order valence-electron chi connectivity index (χ2n) is 4.60. The molecule has 1 rings (SSSR count). The third kappa shape index (κ3) is 4.74. The number of rotatable bonds is 8. The number of nitrogens with zero attached hydrogens (tertiary/aromatic N) is 2. The molecule has 0 bridgehead atoms.